The molecule has 1 aromatic carbocycles. The minimum atomic E-state index is -0.0406. The standard InChI is InChI=1S/C13H17N3/c1-9(14)13-12-8-11(16(2)3)5-4-10(12)6-7-15-13/h4-9H,14H2,1-3H3. The van der Waals surface area contributed by atoms with Gasteiger partial charge in [0.2, 0.25) is 0 Å². The minimum Gasteiger partial charge on any atom is -0.378 e. The molecular formula is C13H17N3. The Morgan fingerprint density at radius 1 is 1.25 bits per heavy atom. The van der Waals surface area contributed by atoms with Crippen molar-refractivity contribution in [2.75, 3.05) is 19.0 Å². The van der Waals surface area contributed by atoms with Crippen LogP contribution >= 0.6 is 0 Å². The van der Waals surface area contributed by atoms with E-state index in [4.69, 9.17) is 5.73 Å². The zero-order valence-electron chi connectivity index (χ0n) is 9.94. The van der Waals surface area contributed by atoms with E-state index in [0.29, 0.717) is 0 Å². The second-order valence-corrected chi connectivity index (χ2v) is 4.28. The van der Waals surface area contributed by atoms with Crippen LogP contribution in [0.15, 0.2) is 30.5 Å². The summed E-state index contributed by atoms with van der Waals surface area (Å²) in [4.78, 5) is 6.44. The van der Waals surface area contributed by atoms with Gasteiger partial charge in [-0.3, -0.25) is 4.98 Å². The number of hydrogen-bond acceptors (Lipinski definition) is 3. The van der Waals surface area contributed by atoms with E-state index < -0.39 is 0 Å². The summed E-state index contributed by atoms with van der Waals surface area (Å²) in [6.07, 6.45) is 1.82. The third kappa shape index (κ3) is 1.86. The molecule has 2 rings (SSSR count). The number of hydrogen-bond donors (Lipinski definition) is 1. The van der Waals surface area contributed by atoms with Gasteiger partial charge < -0.3 is 10.6 Å². The molecule has 16 heavy (non-hydrogen) atoms. The van der Waals surface area contributed by atoms with E-state index in [0.717, 1.165) is 11.1 Å². The summed E-state index contributed by atoms with van der Waals surface area (Å²) in [5, 5.41) is 2.33. The average Bonchev–Trinajstić information content (AvgIpc) is 2.27. The Labute approximate surface area is 95.9 Å². The lowest BCUT2D eigenvalue weighted by atomic mass is 10.1. The molecule has 0 bridgehead atoms. The maximum atomic E-state index is 5.93. The highest BCUT2D eigenvalue weighted by Gasteiger charge is 2.07. The zero-order chi connectivity index (χ0) is 11.7. The van der Waals surface area contributed by atoms with Gasteiger partial charge in [-0.2, -0.15) is 0 Å². The molecule has 0 radical (unpaired) electrons. The van der Waals surface area contributed by atoms with E-state index in [1.165, 1.54) is 11.1 Å². The Kier molecular flexibility index (Phi) is 2.79. The van der Waals surface area contributed by atoms with Gasteiger partial charge in [0.15, 0.2) is 0 Å². The predicted octanol–water partition coefficient (Wildman–Crippen LogP) is 2.32. The van der Waals surface area contributed by atoms with E-state index >= 15 is 0 Å². The number of aromatic nitrogens is 1. The van der Waals surface area contributed by atoms with Gasteiger partial charge in [0.05, 0.1) is 5.69 Å². The van der Waals surface area contributed by atoms with Crippen molar-refractivity contribution in [2.45, 2.75) is 13.0 Å². The van der Waals surface area contributed by atoms with Gasteiger partial charge in [-0.1, -0.05) is 6.07 Å². The van der Waals surface area contributed by atoms with Crippen LogP contribution in [0.1, 0.15) is 18.7 Å². The zero-order valence-corrected chi connectivity index (χ0v) is 9.94. The maximum Gasteiger partial charge on any atom is 0.0647 e. The van der Waals surface area contributed by atoms with E-state index in [9.17, 15) is 0 Å². The summed E-state index contributed by atoms with van der Waals surface area (Å²) in [5.74, 6) is 0. The Bertz CT molecular complexity index is 504. The normalized spacial score (nSPS) is 12.8. The van der Waals surface area contributed by atoms with Crippen molar-refractivity contribution in [3.63, 3.8) is 0 Å². The molecule has 0 spiro atoms. The minimum absolute atomic E-state index is 0.0406. The maximum absolute atomic E-state index is 5.93. The van der Waals surface area contributed by atoms with Gasteiger partial charge in [-0.25, -0.2) is 0 Å². The van der Waals surface area contributed by atoms with E-state index in [1.54, 1.807) is 0 Å². The monoisotopic (exact) mass is 215 g/mol. The van der Waals surface area contributed by atoms with E-state index in [-0.39, 0.29) is 6.04 Å². The second kappa shape index (κ2) is 4.10. The number of fused-ring (bicyclic) bond motifs is 1. The molecule has 0 fully saturated rings. The third-order valence-corrected chi connectivity index (χ3v) is 2.73. The summed E-state index contributed by atoms with van der Waals surface area (Å²) in [6, 6.07) is 8.33. The first-order valence-electron chi connectivity index (χ1n) is 5.41. The van der Waals surface area contributed by atoms with Crippen LogP contribution in [0.4, 0.5) is 5.69 Å². The number of benzene rings is 1. The number of nitrogens with zero attached hydrogens (tertiary/aromatic N) is 2. The first-order valence-corrected chi connectivity index (χ1v) is 5.41. The fourth-order valence-electron chi connectivity index (χ4n) is 1.82. The molecule has 2 aromatic rings. The highest BCUT2D eigenvalue weighted by Crippen LogP contribution is 2.25. The van der Waals surface area contributed by atoms with Crippen LogP contribution in [0, 0.1) is 0 Å². The molecule has 2 N–H and O–H groups in total. The van der Waals surface area contributed by atoms with Crippen LogP contribution in [-0.2, 0) is 0 Å². The summed E-state index contributed by atoms with van der Waals surface area (Å²) < 4.78 is 0. The molecule has 0 saturated heterocycles. The number of rotatable bonds is 2. The second-order valence-electron chi connectivity index (χ2n) is 4.28. The van der Waals surface area contributed by atoms with Crippen LogP contribution in [0.3, 0.4) is 0 Å². The lowest BCUT2D eigenvalue weighted by Crippen LogP contribution is -2.10. The molecule has 0 amide bonds. The molecule has 1 heterocycles. The van der Waals surface area contributed by atoms with Crippen LogP contribution < -0.4 is 10.6 Å². The molecule has 0 aliphatic carbocycles. The highest BCUT2D eigenvalue weighted by atomic mass is 15.1. The molecule has 1 unspecified atom stereocenters. The first kappa shape index (κ1) is 10.9. The predicted molar refractivity (Wildman–Crippen MR) is 68.7 cm³/mol. The van der Waals surface area contributed by atoms with Gasteiger partial charge in [0, 0.05) is 37.4 Å². The molecule has 0 aliphatic rings. The molecule has 3 heteroatoms. The highest BCUT2D eigenvalue weighted by molar-refractivity contribution is 5.87. The topological polar surface area (TPSA) is 42.1 Å². The fraction of sp³-hybridized carbons (Fsp3) is 0.308. The number of nitrogens with two attached hydrogens (primary N) is 1. The Morgan fingerprint density at radius 2 is 2.00 bits per heavy atom. The quantitative estimate of drug-likeness (QED) is 0.836. The molecular weight excluding hydrogens is 198 g/mol. The number of pyridine rings is 1. The van der Waals surface area contributed by atoms with Gasteiger partial charge in [0.1, 0.15) is 0 Å². The lowest BCUT2D eigenvalue weighted by Gasteiger charge is -2.15. The molecule has 1 atom stereocenters. The smallest absolute Gasteiger partial charge is 0.0647 e. The average molecular weight is 215 g/mol. The first-order chi connectivity index (χ1) is 7.59. The van der Waals surface area contributed by atoms with Gasteiger partial charge in [-0.05, 0) is 30.5 Å². The summed E-state index contributed by atoms with van der Waals surface area (Å²) >= 11 is 0. The molecule has 0 aliphatic heterocycles. The SMILES string of the molecule is CC(N)c1nccc2ccc(N(C)C)cc12. The Balaban J connectivity index is 2.68. The van der Waals surface area contributed by atoms with Crippen molar-refractivity contribution in [1.82, 2.24) is 4.98 Å². The van der Waals surface area contributed by atoms with Crippen LogP contribution in [0.5, 0.6) is 0 Å². The number of anilines is 1. The van der Waals surface area contributed by atoms with Crippen molar-refractivity contribution in [2.24, 2.45) is 5.73 Å². The van der Waals surface area contributed by atoms with Gasteiger partial charge in [-0.15, -0.1) is 0 Å². The summed E-state index contributed by atoms with van der Waals surface area (Å²) in [7, 11) is 4.06. The van der Waals surface area contributed by atoms with Gasteiger partial charge in [0.25, 0.3) is 0 Å². The van der Waals surface area contributed by atoms with Crippen LogP contribution in [-0.4, -0.2) is 19.1 Å². The summed E-state index contributed by atoms with van der Waals surface area (Å²) in [5.41, 5.74) is 8.06. The van der Waals surface area contributed by atoms with E-state index in [1.807, 2.05) is 33.3 Å². The van der Waals surface area contributed by atoms with Crippen molar-refractivity contribution < 1.29 is 0 Å². The van der Waals surface area contributed by atoms with E-state index in [2.05, 4.69) is 28.1 Å². The summed E-state index contributed by atoms with van der Waals surface area (Å²) in [6.45, 7) is 1.96. The molecule has 1 aromatic heterocycles. The van der Waals surface area contributed by atoms with Gasteiger partial charge >= 0.3 is 0 Å². The Morgan fingerprint density at radius 3 is 2.62 bits per heavy atom. The van der Waals surface area contributed by atoms with Crippen molar-refractivity contribution >= 4 is 16.5 Å². The van der Waals surface area contributed by atoms with Crippen LogP contribution in [0.25, 0.3) is 10.8 Å². The van der Waals surface area contributed by atoms with Crippen molar-refractivity contribution in [1.29, 1.82) is 0 Å². The molecule has 0 saturated carbocycles. The van der Waals surface area contributed by atoms with Crippen molar-refractivity contribution in [3.05, 3.63) is 36.2 Å². The fourth-order valence-corrected chi connectivity index (χ4v) is 1.82. The largest absolute Gasteiger partial charge is 0.378 e. The Hall–Kier alpha value is -1.61. The molecule has 84 valence electrons. The molecule has 3 nitrogen and oxygen atoms in total. The van der Waals surface area contributed by atoms with Crippen molar-refractivity contribution in [3.8, 4) is 0 Å². The third-order valence-electron chi connectivity index (χ3n) is 2.73. The van der Waals surface area contributed by atoms with Crippen LogP contribution in [0.2, 0.25) is 0 Å². The lowest BCUT2D eigenvalue weighted by molar-refractivity contribution is 0.791.